The summed E-state index contributed by atoms with van der Waals surface area (Å²) in [6.45, 7) is 6.05. The molecule has 0 saturated heterocycles. The van der Waals surface area contributed by atoms with E-state index in [0.29, 0.717) is 5.75 Å². The van der Waals surface area contributed by atoms with Gasteiger partial charge in [0.15, 0.2) is 0 Å². The van der Waals surface area contributed by atoms with Crippen LogP contribution in [0.4, 0.5) is 0 Å². The molecule has 0 aliphatic heterocycles. The molecule has 0 radical (unpaired) electrons. The lowest BCUT2D eigenvalue weighted by Gasteiger charge is -2.06. The summed E-state index contributed by atoms with van der Waals surface area (Å²) in [6.07, 6.45) is 6.13. The highest BCUT2D eigenvalue weighted by Gasteiger charge is 2.04. The first kappa shape index (κ1) is 12.4. The number of allylic oxidation sites excluding steroid dienone is 3. The summed E-state index contributed by atoms with van der Waals surface area (Å²) >= 11 is 0. The minimum Gasteiger partial charge on any atom is -0.507 e. The number of benzene rings is 1. The van der Waals surface area contributed by atoms with Gasteiger partial charge in [0, 0.05) is 11.6 Å². The molecule has 0 aromatic heterocycles. The molecular weight excluding hydrogens is 200 g/mol. The maximum absolute atomic E-state index is 9.77. The lowest BCUT2D eigenvalue weighted by molar-refractivity contribution is 0.407. The Balaban J connectivity index is 2.84. The average molecular weight is 218 g/mol. The standard InChI is InChI=1S/C14H18O2/c1-4-5-6-7-11(2)13-9-8-12(16-3)10-14(13)15/h6-10,15H,2,4-5H2,1,3H3/b7-6-. The normalized spacial score (nSPS) is 10.6. The third kappa shape index (κ3) is 3.16. The highest BCUT2D eigenvalue weighted by molar-refractivity contribution is 5.76. The van der Waals surface area contributed by atoms with Crippen LogP contribution in [0, 0.1) is 0 Å². The zero-order valence-corrected chi connectivity index (χ0v) is 9.86. The summed E-state index contributed by atoms with van der Waals surface area (Å²) in [6, 6.07) is 5.22. The molecule has 0 amide bonds. The Morgan fingerprint density at radius 1 is 1.50 bits per heavy atom. The van der Waals surface area contributed by atoms with Crippen LogP contribution in [0.15, 0.2) is 36.9 Å². The molecule has 0 fully saturated rings. The Hall–Kier alpha value is -1.70. The first-order valence-corrected chi connectivity index (χ1v) is 5.41. The largest absolute Gasteiger partial charge is 0.507 e. The van der Waals surface area contributed by atoms with Gasteiger partial charge < -0.3 is 9.84 Å². The number of unbranched alkanes of at least 4 members (excludes halogenated alkanes) is 1. The topological polar surface area (TPSA) is 29.5 Å². The van der Waals surface area contributed by atoms with Crippen LogP contribution in [-0.2, 0) is 0 Å². The smallest absolute Gasteiger partial charge is 0.127 e. The van der Waals surface area contributed by atoms with Gasteiger partial charge in [0.05, 0.1) is 7.11 Å². The fraction of sp³-hybridized carbons (Fsp3) is 0.286. The summed E-state index contributed by atoms with van der Waals surface area (Å²) in [7, 11) is 1.57. The van der Waals surface area contributed by atoms with E-state index in [1.54, 1.807) is 13.2 Å². The van der Waals surface area contributed by atoms with Crippen LogP contribution in [0.2, 0.25) is 0 Å². The second-order valence-electron chi connectivity index (χ2n) is 3.60. The van der Waals surface area contributed by atoms with Crippen molar-refractivity contribution in [3.05, 3.63) is 42.5 Å². The number of rotatable bonds is 5. The Labute approximate surface area is 96.9 Å². The second-order valence-corrected chi connectivity index (χ2v) is 3.60. The van der Waals surface area contributed by atoms with Gasteiger partial charge in [-0.25, -0.2) is 0 Å². The maximum Gasteiger partial charge on any atom is 0.127 e. The van der Waals surface area contributed by atoms with Crippen LogP contribution in [-0.4, -0.2) is 12.2 Å². The summed E-state index contributed by atoms with van der Waals surface area (Å²) in [5.41, 5.74) is 1.56. The lowest BCUT2D eigenvalue weighted by Crippen LogP contribution is -1.85. The van der Waals surface area contributed by atoms with Gasteiger partial charge in [-0.15, -0.1) is 0 Å². The van der Waals surface area contributed by atoms with Crippen molar-refractivity contribution >= 4 is 5.57 Å². The molecule has 1 aromatic rings. The van der Waals surface area contributed by atoms with E-state index in [-0.39, 0.29) is 5.75 Å². The molecule has 1 N–H and O–H groups in total. The van der Waals surface area contributed by atoms with Crippen molar-refractivity contribution in [1.82, 2.24) is 0 Å². The quantitative estimate of drug-likeness (QED) is 0.762. The number of ether oxygens (including phenoxy) is 1. The second kappa shape index (κ2) is 6.01. The zero-order valence-electron chi connectivity index (χ0n) is 9.86. The Morgan fingerprint density at radius 2 is 2.25 bits per heavy atom. The molecule has 1 rings (SSSR count). The molecule has 0 heterocycles. The van der Waals surface area contributed by atoms with Crippen LogP contribution < -0.4 is 4.74 Å². The molecule has 0 aliphatic rings. The summed E-state index contributed by atoms with van der Waals surface area (Å²) < 4.78 is 5.02. The Morgan fingerprint density at radius 3 is 2.81 bits per heavy atom. The van der Waals surface area contributed by atoms with Crippen LogP contribution in [0.5, 0.6) is 11.5 Å². The molecule has 0 spiro atoms. The highest BCUT2D eigenvalue weighted by atomic mass is 16.5. The van der Waals surface area contributed by atoms with Crippen molar-refractivity contribution in [3.8, 4) is 11.5 Å². The fourth-order valence-electron chi connectivity index (χ4n) is 1.39. The van der Waals surface area contributed by atoms with Crippen LogP contribution in [0.25, 0.3) is 5.57 Å². The fourth-order valence-corrected chi connectivity index (χ4v) is 1.39. The molecule has 0 saturated carbocycles. The van der Waals surface area contributed by atoms with E-state index in [1.165, 1.54) is 0 Å². The van der Waals surface area contributed by atoms with Crippen molar-refractivity contribution < 1.29 is 9.84 Å². The number of hydrogen-bond donors (Lipinski definition) is 1. The molecule has 16 heavy (non-hydrogen) atoms. The van der Waals surface area contributed by atoms with E-state index in [0.717, 1.165) is 24.0 Å². The van der Waals surface area contributed by atoms with Gasteiger partial charge in [-0.1, -0.05) is 32.1 Å². The summed E-state index contributed by atoms with van der Waals surface area (Å²) in [4.78, 5) is 0. The van der Waals surface area contributed by atoms with Crippen LogP contribution in [0.3, 0.4) is 0 Å². The molecule has 0 bridgehead atoms. The first-order chi connectivity index (χ1) is 7.69. The van der Waals surface area contributed by atoms with Gasteiger partial charge in [0.2, 0.25) is 0 Å². The van der Waals surface area contributed by atoms with E-state index in [1.807, 2.05) is 18.2 Å². The van der Waals surface area contributed by atoms with E-state index in [2.05, 4.69) is 19.6 Å². The first-order valence-electron chi connectivity index (χ1n) is 5.41. The molecule has 2 heteroatoms. The van der Waals surface area contributed by atoms with Gasteiger partial charge >= 0.3 is 0 Å². The number of phenols is 1. The minimum atomic E-state index is 0.200. The molecule has 0 atom stereocenters. The highest BCUT2D eigenvalue weighted by Crippen LogP contribution is 2.28. The van der Waals surface area contributed by atoms with Crippen molar-refractivity contribution in [2.45, 2.75) is 19.8 Å². The van der Waals surface area contributed by atoms with Gasteiger partial charge in [-0.3, -0.25) is 0 Å². The van der Waals surface area contributed by atoms with Crippen molar-refractivity contribution in [2.24, 2.45) is 0 Å². The minimum absolute atomic E-state index is 0.200. The maximum atomic E-state index is 9.77. The monoisotopic (exact) mass is 218 g/mol. The number of methoxy groups -OCH3 is 1. The third-order valence-electron chi connectivity index (χ3n) is 2.33. The molecule has 1 aromatic carbocycles. The van der Waals surface area contributed by atoms with Gasteiger partial charge in [0.1, 0.15) is 11.5 Å². The predicted molar refractivity (Wildman–Crippen MR) is 67.7 cm³/mol. The third-order valence-corrected chi connectivity index (χ3v) is 2.33. The number of aromatic hydroxyl groups is 1. The molecule has 0 unspecified atom stereocenters. The summed E-state index contributed by atoms with van der Waals surface area (Å²) in [5.74, 6) is 0.845. The lowest BCUT2D eigenvalue weighted by atomic mass is 10.1. The number of phenolic OH excluding ortho intramolecular Hbond substituents is 1. The summed E-state index contributed by atoms with van der Waals surface area (Å²) in [5, 5.41) is 9.77. The molecular formula is C14H18O2. The van der Waals surface area contributed by atoms with Crippen LogP contribution >= 0.6 is 0 Å². The predicted octanol–water partition coefficient (Wildman–Crippen LogP) is 3.77. The Bertz CT molecular complexity index is 392. The van der Waals surface area contributed by atoms with E-state index in [9.17, 15) is 5.11 Å². The van der Waals surface area contributed by atoms with Gasteiger partial charge in [-0.05, 0) is 24.1 Å². The molecule has 0 aliphatic carbocycles. The Kier molecular flexibility index (Phi) is 4.65. The average Bonchev–Trinajstić information content (AvgIpc) is 2.29. The van der Waals surface area contributed by atoms with Gasteiger partial charge in [0.25, 0.3) is 0 Å². The van der Waals surface area contributed by atoms with E-state index >= 15 is 0 Å². The van der Waals surface area contributed by atoms with E-state index in [4.69, 9.17) is 4.74 Å². The molecule has 2 nitrogen and oxygen atoms in total. The number of hydrogen-bond acceptors (Lipinski definition) is 2. The SMILES string of the molecule is C=C(/C=C\CCC)c1ccc(OC)cc1O. The van der Waals surface area contributed by atoms with Crippen LogP contribution in [0.1, 0.15) is 25.3 Å². The van der Waals surface area contributed by atoms with Crippen molar-refractivity contribution in [1.29, 1.82) is 0 Å². The van der Waals surface area contributed by atoms with Crippen molar-refractivity contribution in [3.63, 3.8) is 0 Å². The zero-order chi connectivity index (χ0) is 12.0. The van der Waals surface area contributed by atoms with Gasteiger partial charge in [-0.2, -0.15) is 0 Å². The van der Waals surface area contributed by atoms with E-state index < -0.39 is 0 Å². The van der Waals surface area contributed by atoms with Crippen molar-refractivity contribution in [2.75, 3.05) is 7.11 Å². The molecule has 86 valence electrons.